The molecular formula is C13H16N2S2. The average molecular weight is 264 g/mol. The van der Waals surface area contributed by atoms with E-state index in [0.29, 0.717) is 0 Å². The van der Waals surface area contributed by atoms with Crippen molar-refractivity contribution in [3.8, 4) is 10.6 Å². The van der Waals surface area contributed by atoms with Gasteiger partial charge in [-0.25, -0.2) is 4.98 Å². The summed E-state index contributed by atoms with van der Waals surface area (Å²) in [5.41, 5.74) is 1.16. The molecule has 0 aromatic carbocycles. The Morgan fingerprint density at radius 2 is 2.41 bits per heavy atom. The fraction of sp³-hybridized carbons (Fsp3) is 0.462. The third-order valence-electron chi connectivity index (χ3n) is 3.19. The van der Waals surface area contributed by atoms with Crippen molar-refractivity contribution in [3.63, 3.8) is 0 Å². The molecule has 2 aromatic heterocycles. The molecule has 3 heterocycles. The van der Waals surface area contributed by atoms with Gasteiger partial charge in [0, 0.05) is 11.8 Å². The molecule has 1 unspecified atom stereocenters. The normalized spacial score (nSPS) is 20.6. The van der Waals surface area contributed by atoms with Crippen molar-refractivity contribution in [1.29, 1.82) is 0 Å². The van der Waals surface area contributed by atoms with Gasteiger partial charge in [0.2, 0.25) is 0 Å². The molecule has 0 spiro atoms. The van der Waals surface area contributed by atoms with E-state index in [1.807, 2.05) is 11.3 Å². The third-order valence-corrected chi connectivity index (χ3v) is 4.95. The quantitative estimate of drug-likeness (QED) is 0.919. The minimum atomic E-state index is 0.783. The molecule has 0 aliphatic carbocycles. The maximum absolute atomic E-state index is 4.75. The Morgan fingerprint density at radius 3 is 3.18 bits per heavy atom. The third kappa shape index (κ3) is 2.76. The Labute approximate surface area is 110 Å². The number of nitrogens with zero attached hydrogens (tertiary/aromatic N) is 1. The van der Waals surface area contributed by atoms with Crippen LogP contribution in [0.25, 0.3) is 10.6 Å². The molecule has 0 radical (unpaired) electrons. The van der Waals surface area contributed by atoms with Crippen molar-refractivity contribution in [3.05, 3.63) is 27.9 Å². The van der Waals surface area contributed by atoms with Gasteiger partial charge in [-0.2, -0.15) is 0 Å². The first kappa shape index (κ1) is 11.4. The Morgan fingerprint density at radius 1 is 1.41 bits per heavy atom. The molecule has 1 fully saturated rings. The van der Waals surface area contributed by atoms with Gasteiger partial charge in [0.25, 0.3) is 0 Å². The molecule has 90 valence electrons. The number of piperidine rings is 1. The summed E-state index contributed by atoms with van der Waals surface area (Å²) in [5.74, 6) is 0.783. The highest BCUT2D eigenvalue weighted by molar-refractivity contribution is 7.14. The van der Waals surface area contributed by atoms with Gasteiger partial charge < -0.3 is 5.32 Å². The highest BCUT2D eigenvalue weighted by Crippen LogP contribution is 2.27. The molecule has 1 atom stereocenters. The molecule has 0 saturated carbocycles. The highest BCUT2D eigenvalue weighted by atomic mass is 32.1. The van der Waals surface area contributed by atoms with Crippen LogP contribution in [0.15, 0.2) is 22.9 Å². The first-order chi connectivity index (χ1) is 8.42. The molecule has 1 saturated heterocycles. The van der Waals surface area contributed by atoms with E-state index in [9.17, 15) is 0 Å². The number of nitrogens with one attached hydrogen (secondary N) is 1. The van der Waals surface area contributed by atoms with Gasteiger partial charge in [0.05, 0.1) is 15.6 Å². The van der Waals surface area contributed by atoms with Gasteiger partial charge in [0.1, 0.15) is 0 Å². The first-order valence-electron chi connectivity index (χ1n) is 6.11. The second kappa shape index (κ2) is 5.29. The summed E-state index contributed by atoms with van der Waals surface area (Å²) in [6.45, 7) is 2.35. The summed E-state index contributed by atoms with van der Waals surface area (Å²) < 4.78 is 0. The zero-order valence-electron chi connectivity index (χ0n) is 9.69. The monoisotopic (exact) mass is 264 g/mol. The van der Waals surface area contributed by atoms with Crippen LogP contribution < -0.4 is 5.32 Å². The van der Waals surface area contributed by atoms with Crippen LogP contribution in [0.5, 0.6) is 0 Å². The fourth-order valence-electron chi connectivity index (χ4n) is 2.29. The summed E-state index contributed by atoms with van der Waals surface area (Å²) in [6, 6.07) is 4.23. The lowest BCUT2D eigenvalue weighted by molar-refractivity contribution is 0.376. The van der Waals surface area contributed by atoms with E-state index >= 15 is 0 Å². The van der Waals surface area contributed by atoms with E-state index in [1.54, 1.807) is 11.3 Å². The van der Waals surface area contributed by atoms with Gasteiger partial charge in [-0.3, -0.25) is 0 Å². The van der Waals surface area contributed by atoms with E-state index in [1.165, 1.54) is 29.3 Å². The standard InChI is InChI=1S/C13H16N2S2/c1-3-10(8-14-5-1)7-13-15-11(9-17-13)12-4-2-6-16-12/h2,4,6,9-10,14H,1,3,5,7-8H2. The number of hydrogen-bond acceptors (Lipinski definition) is 4. The van der Waals surface area contributed by atoms with Crippen molar-refractivity contribution in [2.75, 3.05) is 13.1 Å². The van der Waals surface area contributed by atoms with Crippen molar-refractivity contribution < 1.29 is 0 Å². The SMILES string of the molecule is c1csc(-c2csc(CC3CCCNC3)n2)c1. The summed E-state index contributed by atoms with van der Waals surface area (Å²) in [6.07, 6.45) is 3.80. The molecule has 1 N–H and O–H groups in total. The van der Waals surface area contributed by atoms with Crippen LogP contribution in [-0.2, 0) is 6.42 Å². The van der Waals surface area contributed by atoms with E-state index in [2.05, 4.69) is 28.2 Å². The van der Waals surface area contributed by atoms with Gasteiger partial charge >= 0.3 is 0 Å². The second-order valence-electron chi connectivity index (χ2n) is 4.52. The summed E-state index contributed by atoms with van der Waals surface area (Å²) in [5, 5.41) is 9.06. The van der Waals surface area contributed by atoms with E-state index < -0.39 is 0 Å². The molecule has 17 heavy (non-hydrogen) atoms. The van der Waals surface area contributed by atoms with Crippen LogP contribution in [-0.4, -0.2) is 18.1 Å². The number of thiophene rings is 1. The van der Waals surface area contributed by atoms with Crippen LogP contribution in [0.2, 0.25) is 0 Å². The zero-order chi connectivity index (χ0) is 11.5. The maximum Gasteiger partial charge on any atom is 0.0936 e. The molecule has 4 heteroatoms. The predicted octanol–water partition coefficient (Wildman–Crippen LogP) is 3.41. The van der Waals surface area contributed by atoms with Gasteiger partial charge in [-0.1, -0.05) is 6.07 Å². The molecule has 3 rings (SSSR count). The van der Waals surface area contributed by atoms with Crippen LogP contribution in [0.4, 0.5) is 0 Å². The Hall–Kier alpha value is -0.710. The maximum atomic E-state index is 4.75. The van der Waals surface area contributed by atoms with Crippen LogP contribution in [0.3, 0.4) is 0 Å². The van der Waals surface area contributed by atoms with Crippen molar-refractivity contribution in [1.82, 2.24) is 10.3 Å². The topological polar surface area (TPSA) is 24.9 Å². The average Bonchev–Trinajstić information content (AvgIpc) is 3.00. The number of hydrogen-bond donors (Lipinski definition) is 1. The Bertz CT molecular complexity index is 455. The fourth-order valence-corrected chi connectivity index (χ4v) is 3.96. The van der Waals surface area contributed by atoms with Crippen LogP contribution in [0.1, 0.15) is 17.8 Å². The number of thiazole rings is 1. The van der Waals surface area contributed by atoms with E-state index in [4.69, 9.17) is 4.98 Å². The smallest absolute Gasteiger partial charge is 0.0936 e. The van der Waals surface area contributed by atoms with Gasteiger partial charge in [-0.05, 0) is 43.3 Å². The molecule has 0 bridgehead atoms. The summed E-state index contributed by atoms with van der Waals surface area (Å²) in [7, 11) is 0. The lowest BCUT2D eigenvalue weighted by atomic mass is 9.97. The molecular weight excluding hydrogens is 248 g/mol. The lowest BCUT2D eigenvalue weighted by Gasteiger charge is -2.21. The minimum absolute atomic E-state index is 0.783. The zero-order valence-corrected chi connectivity index (χ0v) is 11.3. The Kier molecular flexibility index (Phi) is 3.54. The van der Waals surface area contributed by atoms with Crippen molar-refractivity contribution >= 4 is 22.7 Å². The Balaban J connectivity index is 1.68. The predicted molar refractivity (Wildman–Crippen MR) is 74.7 cm³/mol. The minimum Gasteiger partial charge on any atom is -0.316 e. The molecule has 2 aromatic rings. The van der Waals surface area contributed by atoms with Crippen LogP contribution in [0, 0.1) is 5.92 Å². The van der Waals surface area contributed by atoms with Crippen LogP contribution >= 0.6 is 22.7 Å². The highest BCUT2D eigenvalue weighted by Gasteiger charge is 2.15. The van der Waals surface area contributed by atoms with Crippen molar-refractivity contribution in [2.24, 2.45) is 5.92 Å². The van der Waals surface area contributed by atoms with E-state index in [0.717, 1.165) is 24.6 Å². The number of aromatic nitrogens is 1. The summed E-state index contributed by atoms with van der Waals surface area (Å²) in [4.78, 5) is 6.03. The lowest BCUT2D eigenvalue weighted by Crippen LogP contribution is -2.30. The molecule has 1 aliphatic rings. The molecule has 0 amide bonds. The molecule has 1 aliphatic heterocycles. The van der Waals surface area contributed by atoms with E-state index in [-0.39, 0.29) is 0 Å². The van der Waals surface area contributed by atoms with Gasteiger partial charge in [-0.15, -0.1) is 22.7 Å². The second-order valence-corrected chi connectivity index (χ2v) is 6.41. The largest absolute Gasteiger partial charge is 0.316 e. The van der Waals surface area contributed by atoms with Gasteiger partial charge in [0.15, 0.2) is 0 Å². The molecule has 2 nitrogen and oxygen atoms in total. The van der Waals surface area contributed by atoms with Crippen molar-refractivity contribution in [2.45, 2.75) is 19.3 Å². The first-order valence-corrected chi connectivity index (χ1v) is 7.87. The summed E-state index contributed by atoms with van der Waals surface area (Å²) >= 11 is 3.58. The number of rotatable bonds is 3.